The molecule has 37 heavy (non-hydrogen) atoms. The Morgan fingerprint density at radius 1 is 1.32 bits per heavy atom. The number of hydrogen-bond donors (Lipinski definition) is 3. The van der Waals surface area contributed by atoms with Crippen LogP contribution >= 0.6 is 15.9 Å². The number of halogens is 2. The number of anilines is 2. The topological polar surface area (TPSA) is 69.3 Å². The number of nitrogens with zero attached hydrogens (tertiary/aromatic N) is 2. The second-order valence-corrected chi connectivity index (χ2v) is 9.51. The summed E-state index contributed by atoms with van der Waals surface area (Å²) in [7, 11) is 1.85. The minimum absolute atomic E-state index is 0.101. The fourth-order valence-electron chi connectivity index (χ4n) is 3.95. The van der Waals surface area contributed by atoms with Gasteiger partial charge < -0.3 is 16.0 Å². The predicted molar refractivity (Wildman–Crippen MR) is 159 cm³/mol. The van der Waals surface area contributed by atoms with Crippen molar-refractivity contribution in [1.82, 2.24) is 15.4 Å². The zero-order chi connectivity index (χ0) is 28.0. The number of hydrogen-bond acceptors (Lipinski definition) is 6. The van der Waals surface area contributed by atoms with Crippen molar-refractivity contribution < 1.29 is 9.28 Å². The van der Waals surface area contributed by atoms with E-state index in [4.69, 9.17) is 0 Å². The standard InChI is InChI=1S/C24H31BrFN5O.C3H4.C2H6/c1-15(9-16(2)27-4)18(14-32)13-29-24-22-11-19(25)12-23(21(22)5-7-28-24)30-20-6-8-31(26)17(3)10-20;1-3-2;1-2/h5,7,9,11-12,14,17,20,27,30H,6,8,10,13H2,1-4H3,(H,28,29);1H,2H3;1-2H3/b16-9-,18-15-;;. The molecule has 0 saturated carbocycles. The third-order valence-corrected chi connectivity index (χ3v) is 6.38. The summed E-state index contributed by atoms with van der Waals surface area (Å²) in [6.07, 6.45) is 10.7. The van der Waals surface area contributed by atoms with Crippen molar-refractivity contribution in [3.05, 3.63) is 51.8 Å². The smallest absolute Gasteiger partial charge is 0.148 e. The van der Waals surface area contributed by atoms with E-state index < -0.39 is 0 Å². The van der Waals surface area contributed by atoms with Crippen molar-refractivity contribution in [1.29, 1.82) is 0 Å². The van der Waals surface area contributed by atoms with Gasteiger partial charge in [-0.3, -0.25) is 4.79 Å². The lowest BCUT2D eigenvalue weighted by molar-refractivity contribution is -0.104. The van der Waals surface area contributed by atoms with E-state index in [1.165, 1.54) is 0 Å². The molecule has 1 saturated heterocycles. The summed E-state index contributed by atoms with van der Waals surface area (Å²) >= 11 is 3.61. The number of pyridine rings is 1. The zero-order valence-corrected chi connectivity index (χ0v) is 24.7. The van der Waals surface area contributed by atoms with E-state index >= 15 is 0 Å². The molecule has 0 radical (unpaired) electrons. The number of carbonyl (C=O) groups excluding carboxylic acids is 1. The molecule has 2 atom stereocenters. The average Bonchev–Trinajstić information content (AvgIpc) is 2.88. The highest BCUT2D eigenvalue weighted by Gasteiger charge is 2.25. The van der Waals surface area contributed by atoms with Crippen LogP contribution in [0.2, 0.25) is 0 Å². The normalized spacial score (nSPS) is 18.2. The molecule has 2 aromatic rings. The molecule has 1 aromatic heterocycles. The maximum Gasteiger partial charge on any atom is 0.148 e. The average molecular weight is 575 g/mol. The molecule has 1 aliphatic rings. The van der Waals surface area contributed by atoms with Gasteiger partial charge in [0, 0.05) is 70.6 Å². The Kier molecular flexibility index (Phi) is 14.6. The first-order valence-electron chi connectivity index (χ1n) is 12.6. The van der Waals surface area contributed by atoms with Crippen molar-refractivity contribution in [3.63, 3.8) is 0 Å². The van der Waals surface area contributed by atoms with Gasteiger partial charge in [-0.1, -0.05) is 29.8 Å². The number of rotatable bonds is 8. The number of nitrogens with one attached hydrogen (secondary N) is 3. The van der Waals surface area contributed by atoms with Gasteiger partial charge in [0.25, 0.3) is 0 Å². The Balaban J connectivity index is 0.00000127. The van der Waals surface area contributed by atoms with E-state index in [1.807, 2.05) is 65.9 Å². The van der Waals surface area contributed by atoms with Gasteiger partial charge >= 0.3 is 0 Å². The minimum Gasteiger partial charge on any atom is -0.392 e. The lowest BCUT2D eigenvalue weighted by atomic mass is 9.99. The van der Waals surface area contributed by atoms with Gasteiger partial charge in [-0.2, -0.15) is 0 Å². The van der Waals surface area contributed by atoms with Crippen LogP contribution in [0.4, 0.5) is 16.0 Å². The molecule has 3 rings (SSSR count). The molecule has 0 spiro atoms. The summed E-state index contributed by atoms with van der Waals surface area (Å²) in [5.41, 5.74) is 3.53. The third-order valence-electron chi connectivity index (χ3n) is 5.92. The summed E-state index contributed by atoms with van der Waals surface area (Å²) in [6, 6.07) is 6.14. The van der Waals surface area contributed by atoms with Crippen molar-refractivity contribution in [2.75, 3.05) is 30.8 Å². The highest BCUT2D eigenvalue weighted by molar-refractivity contribution is 9.10. The summed E-state index contributed by atoms with van der Waals surface area (Å²) < 4.78 is 14.7. The first-order valence-corrected chi connectivity index (χ1v) is 13.4. The van der Waals surface area contributed by atoms with Gasteiger partial charge in [-0.15, -0.1) is 21.9 Å². The summed E-state index contributed by atoms with van der Waals surface area (Å²) in [5, 5.41) is 12.9. The van der Waals surface area contributed by atoms with Crippen molar-refractivity contribution in [2.45, 2.75) is 66.5 Å². The molecule has 0 bridgehead atoms. The van der Waals surface area contributed by atoms with Crippen molar-refractivity contribution in [3.8, 4) is 12.3 Å². The molecule has 0 aliphatic carbocycles. The molecule has 2 heterocycles. The second-order valence-electron chi connectivity index (χ2n) is 8.59. The molecule has 0 amide bonds. The molecule has 2 unspecified atom stereocenters. The molecule has 3 N–H and O–H groups in total. The van der Waals surface area contributed by atoms with Crippen LogP contribution in [0, 0.1) is 12.3 Å². The molecular formula is C29H41BrFN5O. The van der Waals surface area contributed by atoms with E-state index in [1.54, 1.807) is 13.1 Å². The van der Waals surface area contributed by atoms with E-state index in [0.717, 1.165) is 56.5 Å². The van der Waals surface area contributed by atoms with E-state index in [0.29, 0.717) is 24.5 Å². The first kappa shape index (κ1) is 32.1. The van der Waals surface area contributed by atoms with Crippen LogP contribution < -0.4 is 16.0 Å². The Labute approximate surface area is 230 Å². The quantitative estimate of drug-likeness (QED) is 0.105. The summed E-state index contributed by atoms with van der Waals surface area (Å²) in [5.74, 6) is 2.96. The number of terminal acetylenes is 1. The highest BCUT2D eigenvalue weighted by atomic mass is 79.9. The zero-order valence-electron chi connectivity index (χ0n) is 23.1. The van der Waals surface area contributed by atoms with E-state index in [-0.39, 0.29) is 12.1 Å². The first-order chi connectivity index (χ1) is 17.7. The van der Waals surface area contributed by atoms with E-state index in [9.17, 15) is 9.28 Å². The highest BCUT2D eigenvalue weighted by Crippen LogP contribution is 2.33. The Morgan fingerprint density at radius 3 is 2.59 bits per heavy atom. The Bertz CT molecular complexity index is 1130. The molecular weight excluding hydrogens is 533 g/mol. The van der Waals surface area contributed by atoms with Gasteiger partial charge in [-0.05, 0) is 70.4 Å². The van der Waals surface area contributed by atoms with Gasteiger partial charge in [0.15, 0.2) is 0 Å². The molecule has 6 nitrogen and oxygen atoms in total. The fourth-order valence-corrected chi connectivity index (χ4v) is 4.40. The molecule has 202 valence electrons. The molecule has 8 heteroatoms. The van der Waals surface area contributed by atoms with Crippen molar-refractivity contribution >= 4 is 44.5 Å². The van der Waals surface area contributed by atoms with Crippen LogP contribution in [0.1, 0.15) is 54.4 Å². The molecule has 1 aliphatic heterocycles. The predicted octanol–water partition coefficient (Wildman–Crippen LogP) is 6.86. The Morgan fingerprint density at radius 2 is 2.00 bits per heavy atom. The Hall–Kier alpha value is -2.89. The minimum atomic E-state index is -0.101. The largest absolute Gasteiger partial charge is 0.392 e. The number of piperidine rings is 1. The van der Waals surface area contributed by atoms with Gasteiger partial charge in [0.2, 0.25) is 0 Å². The van der Waals surface area contributed by atoms with Gasteiger partial charge in [0.1, 0.15) is 12.1 Å². The number of aldehydes is 1. The SMILES string of the molecule is C#CC.CC.CN/C(C)=C\C(C)=C(/C=O)CNc1nccc2c(NC3CCN(F)C(C)C3)cc(Br)cc12. The van der Waals surface area contributed by atoms with Crippen LogP contribution in [0.5, 0.6) is 0 Å². The monoisotopic (exact) mass is 573 g/mol. The van der Waals surface area contributed by atoms with Crippen LogP contribution in [-0.4, -0.2) is 48.6 Å². The molecule has 1 fully saturated rings. The third kappa shape index (κ3) is 9.83. The van der Waals surface area contributed by atoms with Crippen LogP contribution in [0.3, 0.4) is 0 Å². The van der Waals surface area contributed by atoms with Crippen LogP contribution in [0.15, 0.2) is 51.8 Å². The van der Waals surface area contributed by atoms with E-state index in [2.05, 4.69) is 49.2 Å². The lowest BCUT2D eigenvalue weighted by Crippen LogP contribution is -2.40. The maximum atomic E-state index is 13.7. The second kappa shape index (κ2) is 16.8. The number of allylic oxidation sites excluding steroid dienone is 3. The van der Waals surface area contributed by atoms with Gasteiger partial charge in [-0.25, -0.2) is 4.98 Å². The van der Waals surface area contributed by atoms with Crippen LogP contribution in [-0.2, 0) is 4.79 Å². The number of carbonyl (C=O) groups is 1. The van der Waals surface area contributed by atoms with Crippen LogP contribution in [0.25, 0.3) is 10.8 Å². The summed E-state index contributed by atoms with van der Waals surface area (Å²) in [6.45, 7) is 12.2. The number of aromatic nitrogens is 1. The number of benzene rings is 1. The summed E-state index contributed by atoms with van der Waals surface area (Å²) in [4.78, 5) is 16.2. The maximum absolute atomic E-state index is 13.7. The molecule has 1 aromatic carbocycles. The fraction of sp³-hybridized carbons (Fsp3) is 0.448. The van der Waals surface area contributed by atoms with Gasteiger partial charge in [0.05, 0.1) is 0 Å². The van der Waals surface area contributed by atoms with Crippen molar-refractivity contribution in [2.24, 2.45) is 0 Å². The number of fused-ring (bicyclic) bond motifs is 1. The lowest BCUT2D eigenvalue weighted by Gasteiger charge is -2.32.